The minimum Gasteiger partial charge on any atom is -0.347 e. The zero-order valence-corrected chi connectivity index (χ0v) is 18.7. The van der Waals surface area contributed by atoms with Crippen LogP contribution in [0.4, 0.5) is 4.39 Å². The lowest BCUT2D eigenvalue weighted by Gasteiger charge is -2.35. The molecular weight excluding hydrogens is 433 g/mol. The fourth-order valence-corrected chi connectivity index (χ4v) is 7.28. The van der Waals surface area contributed by atoms with Crippen LogP contribution in [-0.4, -0.2) is 70.4 Å². The highest BCUT2D eigenvalue weighted by Gasteiger charge is 2.42. The number of carbonyl (C=O) groups excluding carboxylic acids is 1. The summed E-state index contributed by atoms with van der Waals surface area (Å²) in [5.41, 5.74) is -0.427. The van der Waals surface area contributed by atoms with Crippen molar-refractivity contribution < 1.29 is 26.0 Å². The quantitative estimate of drug-likeness (QED) is 0.651. The highest BCUT2D eigenvalue weighted by Crippen LogP contribution is 2.23. The second-order valence-corrected chi connectivity index (χ2v) is 12.1. The molecular formula is C19H28FN3O5S2. The Kier molecular flexibility index (Phi) is 6.85. The maximum Gasteiger partial charge on any atom is 0.254 e. The van der Waals surface area contributed by atoms with Crippen LogP contribution in [0.3, 0.4) is 0 Å². The molecule has 1 amide bonds. The zero-order chi connectivity index (χ0) is 22.1. The molecule has 168 valence electrons. The van der Waals surface area contributed by atoms with E-state index in [1.54, 1.807) is 13.8 Å². The summed E-state index contributed by atoms with van der Waals surface area (Å²) < 4.78 is 65.9. The molecule has 0 spiro atoms. The molecule has 30 heavy (non-hydrogen) atoms. The number of rotatable bonds is 6. The number of sulfonamides is 1. The third-order valence-corrected chi connectivity index (χ3v) is 8.76. The van der Waals surface area contributed by atoms with E-state index in [9.17, 15) is 26.0 Å². The van der Waals surface area contributed by atoms with E-state index in [1.807, 2.05) is 0 Å². The first-order valence-electron chi connectivity index (χ1n) is 10.1. The van der Waals surface area contributed by atoms with Gasteiger partial charge >= 0.3 is 0 Å². The third-order valence-electron chi connectivity index (χ3n) is 5.38. The maximum absolute atomic E-state index is 14.3. The van der Waals surface area contributed by atoms with Crippen molar-refractivity contribution in [3.8, 4) is 0 Å². The molecule has 3 rings (SSSR count). The molecule has 0 bridgehead atoms. The molecule has 1 aromatic carbocycles. The first-order valence-corrected chi connectivity index (χ1v) is 13.4. The number of halogens is 1. The van der Waals surface area contributed by atoms with Crippen LogP contribution in [0.1, 0.15) is 43.5 Å². The number of hydrogen-bond donors (Lipinski definition) is 2. The number of nitrogens with zero attached hydrogens (tertiary/aromatic N) is 1. The number of benzene rings is 1. The Morgan fingerprint density at radius 3 is 2.47 bits per heavy atom. The Balaban J connectivity index is 1.83. The van der Waals surface area contributed by atoms with Gasteiger partial charge in [0.05, 0.1) is 28.0 Å². The SMILES string of the molecule is CC(C)NS(=O)(=O)c1ccc(F)c(C(=O)NC2CS(=O)(=O)CC2N2CCCCC2)c1. The van der Waals surface area contributed by atoms with Crippen LogP contribution < -0.4 is 10.0 Å². The van der Waals surface area contributed by atoms with E-state index in [1.165, 1.54) is 0 Å². The van der Waals surface area contributed by atoms with Gasteiger partial charge in [0.1, 0.15) is 5.82 Å². The smallest absolute Gasteiger partial charge is 0.254 e. The molecule has 2 aliphatic rings. The van der Waals surface area contributed by atoms with E-state index >= 15 is 0 Å². The molecule has 1 aromatic rings. The summed E-state index contributed by atoms with van der Waals surface area (Å²) in [4.78, 5) is 14.6. The molecule has 2 unspecified atom stereocenters. The Hall–Kier alpha value is -1.56. The molecule has 2 N–H and O–H groups in total. The lowest BCUT2D eigenvalue weighted by molar-refractivity contribution is 0.0896. The van der Waals surface area contributed by atoms with E-state index in [0.717, 1.165) is 50.6 Å². The normalized spacial score (nSPS) is 24.8. The van der Waals surface area contributed by atoms with Gasteiger partial charge in [0.2, 0.25) is 10.0 Å². The van der Waals surface area contributed by atoms with Crippen LogP contribution in [0.15, 0.2) is 23.1 Å². The molecule has 2 saturated heterocycles. The Morgan fingerprint density at radius 1 is 1.17 bits per heavy atom. The number of sulfone groups is 1. The molecule has 2 atom stereocenters. The molecule has 0 radical (unpaired) electrons. The van der Waals surface area contributed by atoms with Crippen molar-refractivity contribution >= 4 is 25.8 Å². The Labute approximate surface area is 177 Å². The molecule has 0 aliphatic carbocycles. The lowest BCUT2D eigenvalue weighted by atomic mass is 10.0. The number of amides is 1. The second kappa shape index (κ2) is 8.89. The molecule has 8 nitrogen and oxygen atoms in total. The maximum atomic E-state index is 14.3. The van der Waals surface area contributed by atoms with Gasteiger partial charge in [-0.1, -0.05) is 6.42 Å². The van der Waals surface area contributed by atoms with Gasteiger partial charge in [-0.05, 0) is 58.0 Å². The first-order chi connectivity index (χ1) is 14.0. The van der Waals surface area contributed by atoms with Gasteiger partial charge in [0.25, 0.3) is 5.91 Å². The number of piperidine rings is 1. The van der Waals surface area contributed by atoms with Crippen molar-refractivity contribution in [1.82, 2.24) is 14.9 Å². The number of likely N-dealkylation sites (tertiary alicyclic amines) is 1. The van der Waals surface area contributed by atoms with Crippen molar-refractivity contribution in [3.05, 3.63) is 29.6 Å². The zero-order valence-electron chi connectivity index (χ0n) is 17.1. The van der Waals surface area contributed by atoms with Crippen LogP contribution in [0.2, 0.25) is 0 Å². The minimum absolute atomic E-state index is 0.0485. The number of carbonyl (C=O) groups is 1. The molecule has 0 aromatic heterocycles. The molecule has 2 fully saturated rings. The van der Waals surface area contributed by atoms with Crippen molar-refractivity contribution in [1.29, 1.82) is 0 Å². The summed E-state index contributed by atoms with van der Waals surface area (Å²) in [6.07, 6.45) is 3.02. The van der Waals surface area contributed by atoms with Crippen LogP contribution in [0.25, 0.3) is 0 Å². The fourth-order valence-electron chi connectivity index (χ4n) is 4.05. The van der Waals surface area contributed by atoms with Gasteiger partial charge in [0, 0.05) is 12.1 Å². The predicted molar refractivity (Wildman–Crippen MR) is 111 cm³/mol. The second-order valence-electron chi connectivity index (χ2n) is 8.24. The Morgan fingerprint density at radius 2 is 1.83 bits per heavy atom. The van der Waals surface area contributed by atoms with Crippen molar-refractivity contribution in [3.63, 3.8) is 0 Å². The average molecular weight is 462 g/mol. The summed E-state index contributed by atoms with van der Waals surface area (Å²) in [5.74, 6) is -1.95. The monoisotopic (exact) mass is 461 g/mol. The molecule has 11 heteroatoms. The largest absolute Gasteiger partial charge is 0.347 e. The van der Waals surface area contributed by atoms with Crippen molar-refractivity contribution in [2.75, 3.05) is 24.6 Å². The highest BCUT2D eigenvalue weighted by molar-refractivity contribution is 7.91. The van der Waals surface area contributed by atoms with Crippen LogP contribution in [0.5, 0.6) is 0 Å². The van der Waals surface area contributed by atoms with E-state index in [4.69, 9.17) is 0 Å². The summed E-state index contributed by atoms with van der Waals surface area (Å²) in [6, 6.07) is 1.59. The fraction of sp³-hybridized carbons (Fsp3) is 0.632. The topological polar surface area (TPSA) is 113 Å². The number of nitrogens with one attached hydrogen (secondary N) is 2. The molecule has 0 saturated carbocycles. The minimum atomic E-state index is -3.91. The third kappa shape index (κ3) is 5.37. The average Bonchev–Trinajstić information content (AvgIpc) is 2.95. The van der Waals surface area contributed by atoms with Gasteiger partial charge < -0.3 is 5.32 Å². The van der Waals surface area contributed by atoms with Crippen LogP contribution in [-0.2, 0) is 19.9 Å². The van der Waals surface area contributed by atoms with E-state index < -0.39 is 43.2 Å². The number of hydrogen-bond acceptors (Lipinski definition) is 6. The van der Waals surface area contributed by atoms with E-state index in [-0.39, 0.29) is 28.5 Å². The van der Waals surface area contributed by atoms with Gasteiger partial charge in [-0.25, -0.2) is 25.9 Å². The summed E-state index contributed by atoms with van der Waals surface area (Å²) in [6.45, 7) is 4.82. The van der Waals surface area contributed by atoms with E-state index in [0.29, 0.717) is 0 Å². The summed E-state index contributed by atoms with van der Waals surface area (Å²) in [5, 5.41) is 2.64. The van der Waals surface area contributed by atoms with Gasteiger partial charge in [-0.2, -0.15) is 0 Å². The van der Waals surface area contributed by atoms with Gasteiger partial charge in [-0.3, -0.25) is 9.69 Å². The molecule has 2 heterocycles. The van der Waals surface area contributed by atoms with Gasteiger partial charge in [-0.15, -0.1) is 0 Å². The standard InChI is InChI=1S/C19H28FN3O5S2/c1-13(2)22-30(27,28)14-6-7-16(20)15(10-14)19(24)21-17-11-29(25,26)12-18(17)23-8-4-3-5-9-23/h6-7,10,13,17-18,22H,3-5,8-9,11-12H2,1-2H3,(H,21,24). The van der Waals surface area contributed by atoms with Gasteiger partial charge in [0.15, 0.2) is 9.84 Å². The van der Waals surface area contributed by atoms with Crippen molar-refractivity contribution in [2.24, 2.45) is 0 Å². The lowest BCUT2D eigenvalue weighted by Crippen LogP contribution is -2.52. The predicted octanol–water partition coefficient (Wildman–Crippen LogP) is 0.894. The molecule has 2 aliphatic heterocycles. The summed E-state index contributed by atoms with van der Waals surface area (Å²) in [7, 11) is -7.24. The van der Waals surface area contributed by atoms with E-state index in [2.05, 4.69) is 14.9 Å². The first kappa shape index (κ1) is 23.1. The van der Waals surface area contributed by atoms with Crippen LogP contribution >= 0.6 is 0 Å². The Bertz CT molecular complexity index is 1000. The van der Waals surface area contributed by atoms with Crippen molar-refractivity contribution in [2.45, 2.75) is 56.1 Å². The van der Waals surface area contributed by atoms with Crippen LogP contribution in [0, 0.1) is 5.82 Å². The highest BCUT2D eigenvalue weighted by atomic mass is 32.2. The summed E-state index contributed by atoms with van der Waals surface area (Å²) >= 11 is 0.